The molecule has 1 amide bonds. The summed E-state index contributed by atoms with van der Waals surface area (Å²) in [7, 11) is 2.10. The zero-order chi connectivity index (χ0) is 19.9. The van der Waals surface area contributed by atoms with Gasteiger partial charge in [0.15, 0.2) is 5.96 Å². The molecule has 0 spiro atoms. The van der Waals surface area contributed by atoms with E-state index in [0.717, 1.165) is 36.2 Å². The average Bonchev–Trinajstić information content (AvgIpc) is 3.18. The fourth-order valence-electron chi connectivity index (χ4n) is 4.21. The van der Waals surface area contributed by atoms with Crippen LogP contribution in [-0.4, -0.2) is 48.3 Å². The number of hydrogen-bond acceptors (Lipinski definition) is 3. The van der Waals surface area contributed by atoms with Crippen molar-refractivity contribution in [1.29, 1.82) is 5.41 Å². The molecular weight excluding hydrogens is 372 g/mol. The van der Waals surface area contributed by atoms with Gasteiger partial charge in [0.25, 0.3) is 5.91 Å². The Morgan fingerprint density at radius 3 is 2.61 bits per heavy atom. The van der Waals surface area contributed by atoms with Crippen molar-refractivity contribution < 1.29 is 4.79 Å². The number of carbonyl (C=O) groups excluding carboxylic acids is 1. The van der Waals surface area contributed by atoms with Crippen LogP contribution < -0.4 is 5.32 Å². The lowest BCUT2D eigenvalue weighted by Crippen LogP contribution is -2.41. The highest BCUT2D eigenvalue weighted by Crippen LogP contribution is 2.33. The molecule has 0 aliphatic carbocycles. The Balaban J connectivity index is 1.61. The SMILES string of the molecule is CN1CC[C@H](CN2C(=N)NC(C)(c3cccc(-c4cccc(Cl)c4)c3)C2=O)C1. The second kappa shape index (κ2) is 7.22. The molecule has 2 N–H and O–H groups in total. The second-order valence-corrected chi connectivity index (χ2v) is 8.46. The molecule has 4 rings (SSSR count). The van der Waals surface area contributed by atoms with Gasteiger partial charge in [0.05, 0.1) is 0 Å². The molecule has 0 bridgehead atoms. The topological polar surface area (TPSA) is 59.4 Å². The highest BCUT2D eigenvalue weighted by Gasteiger charge is 2.47. The van der Waals surface area contributed by atoms with Crippen LogP contribution in [0.1, 0.15) is 18.9 Å². The summed E-state index contributed by atoms with van der Waals surface area (Å²) < 4.78 is 0. The first-order valence-corrected chi connectivity index (χ1v) is 9.98. The third-order valence-electron chi connectivity index (χ3n) is 5.84. The fourth-order valence-corrected chi connectivity index (χ4v) is 4.40. The van der Waals surface area contributed by atoms with E-state index in [-0.39, 0.29) is 11.9 Å². The van der Waals surface area contributed by atoms with Crippen molar-refractivity contribution in [3.8, 4) is 11.1 Å². The van der Waals surface area contributed by atoms with E-state index in [1.807, 2.05) is 55.5 Å². The lowest BCUT2D eigenvalue weighted by atomic mass is 9.89. The number of carbonyl (C=O) groups is 1. The van der Waals surface area contributed by atoms with Gasteiger partial charge in [0, 0.05) is 18.1 Å². The molecule has 0 saturated carbocycles. The van der Waals surface area contributed by atoms with Crippen LogP contribution >= 0.6 is 11.6 Å². The summed E-state index contributed by atoms with van der Waals surface area (Å²) in [6, 6.07) is 15.6. The predicted octanol–water partition coefficient (Wildman–Crippen LogP) is 3.54. The van der Waals surface area contributed by atoms with Crippen LogP contribution in [0.5, 0.6) is 0 Å². The van der Waals surface area contributed by atoms with Crippen molar-refractivity contribution >= 4 is 23.5 Å². The molecule has 2 saturated heterocycles. The van der Waals surface area contributed by atoms with Gasteiger partial charge in [-0.1, -0.05) is 41.9 Å². The van der Waals surface area contributed by atoms with Gasteiger partial charge >= 0.3 is 0 Å². The van der Waals surface area contributed by atoms with Crippen molar-refractivity contribution in [3.63, 3.8) is 0 Å². The summed E-state index contributed by atoms with van der Waals surface area (Å²) >= 11 is 6.14. The summed E-state index contributed by atoms with van der Waals surface area (Å²) in [5, 5.41) is 12.2. The van der Waals surface area contributed by atoms with Crippen LogP contribution in [0.25, 0.3) is 11.1 Å². The Labute approximate surface area is 170 Å². The van der Waals surface area contributed by atoms with E-state index in [1.54, 1.807) is 4.90 Å². The van der Waals surface area contributed by atoms with E-state index in [9.17, 15) is 4.79 Å². The Morgan fingerprint density at radius 1 is 1.21 bits per heavy atom. The average molecular weight is 397 g/mol. The summed E-state index contributed by atoms with van der Waals surface area (Å²) in [6.07, 6.45) is 1.06. The number of nitrogens with zero attached hydrogens (tertiary/aromatic N) is 2. The number of hydrogen-bond donors (Lipinski definition) is 2. The third-order valence-corrected chi connectivity index (χ3v) is 6.07. The Morgan fingerprint density at radius 2 is 1.93 bits per heavy atom. The Kier molecular flexibility index (Phi) is 4.89. The van der Waals surface area contributed by atoms with Gasteiger partial charge in [-0.15, -0.1) is 0 Å². The summed E-state index contributed by atoms with van der Waals surface area (Å²) in [5.74, 6) is 0.543. The van der Waals surface area contributed by atoms with Gasteiger partial charge in [0.2, 0.25) is 0 Å². The number of benzene rings is 2. The predicted molar refractivity (Wildman–Crippen MR) is 112 cm³/mol. The van der Waals surface area contributed by atoms with E-state index in [0.29, 0.717) is 17.5 Å². The Hall–Kier alpha value is -2.37. The minimum absolute atomic E-state index is 0.0599. The molecule has 28 heavy (non-hydrogen) atoms. The maximum absolute atomic E-state index is 13.3. The molecule has 2 aliphatic heterocycles. The first kappa shape index (κ1) is 19.0. The number of amides is 1. The quantitative estimate of drug-likeness (QED) is 0.831. The van der Waals surface area contributed by atoms with Crippen LogP contribution in [0.2, 0.25) is 5.02 Å². The van der Waals surface area contributed by atoms with E-state index in [1.165, 1.54) is 0 Å². The lowest BCUT2D eigenvalue weighted by molar-refractivity contribution is -0.131. The number of guanidine groups is 1. The fraction of sp³-hybridized carbons (Fsp3) is 0.364. The van der Waals surface area contributed by atoms with Crippen molar-refractivity contribution in [1.82, 2.24) is 15.1 Å². The molecule has 0 aromatic heterocycles. The van der Waals surface area contributed by atoms with Crippen LogP contribution in [0.4, 0.5) is 0 Å². The first-order valence-electron chi connectivity index (χ1n) is 9.60. The molecular formula is C22H25ClN4O. The van der Waals surface area contributed by atoms with Gasteiger partial charge in [0.1, 0.15) is 5.54 Å². The van der Waals surface area contributed by atoms with Gasteiger partial charge in [-0.3, -0.25) is 15.1 Å². The summed E-state index contributed by atoms with van der Waals surface area (Å²) in [4.78, 5) is 17.2. The monoisotopic (exact) mass is 396 g/mol. The number of rotatable bonds is 4. The molecule has 2 heterocycles. The molecule has 2 aromatic carbocycles. The van der Waals surface area contributed by atoms with Crippen molar-refractivity contribution in [2.75, 3.05) is 26.7 Å². The van der Waals surface area contributed by atoms with E-state index < -0.39 is 5.54 Å². The van der Waals surface area contributed by atoms with Gasteiger partial charge < -0.3 is 10.2 Å². The van der Waals surface area contributed by atoms with E-state index in [2.05, 4.69) is 17.3 Å². The van der Waals surface area contributed by atoms with Gasteiger partial charge in [-0.2, -0.15) is 0 Å². The van der Waals surface area contributed by atoms with Crippen LogP contribution in [0.3, 0.4) is 0 Å². The van der Waals surface area contributed by atoms with Crippen LogP contribution in [0, 0.1) is 11.3 Å². The van der Waals surface area contributed by atoms with Crippen LogP contribution in [0.15, 0.2) is 48.5 Å². The largest absolute Gasteiger partial charge is 0.338 e. The number of halogens is 1. The summed E-state index contributed by atoms with van der Waals surface area (Å²) in [5.41, 5.74) is 1.92. The molecule has 2 fully saturated rings. The van der Waals surface area contributed by atoms with Gasteiger partial charge in [-0.05, 0) is 67.7 Å². The zero-order valence-electron chi connectivity index (χ0n) is 16.2. The minimum Gasteiger partial charge on any atom is -0.338 e. The smallest absolute Gasteiger partial charge is 0.259 e. The van der Waals surface area contributed by atoms with E-state index in [4.69, 9.17) is 17.0 Å². The normalized spacial score (nSPS) is 25.4. The molecule has 146 valence electrons. The van der Waals surface area contributed by atoms with Crippen molar-refractivity contribution in [2.24, 2.45) is 5.92 Å². The van der Waals surface area contributed by atoms with Crippen molar-refractivity contribution in [2.45, 2.75) is 18.9 Å². The molecule has 5 nitrogen and oxygen atoms in total. The number of nitrogens with one attached hydrogen (secondary N) is 2. The third kappa shape index (κ3) is 3.40. The highest BCUT2D eigenvalue weighted by molar-refractivity contribution is 6.30. The molecule has 2 aromatic rings. The number of likely N-dealkylation sites (tertiary alicyclic amines) is 1. The minimum atomic E-state index is -0.934. The second-order valence-electron chi connectivity index (χ2n) is 8.02. The molecule has 6 heteroatoms. The molecule has 0 radical (unpaired) electrons. The maximum atomic E-state index is 13.3. The molecule has 1 unspecified atom stereocenters. The highest BCUT2D eigenvalue weighted by atomic mass is 35.5. The molecule has 2 atom stereocenters. The van der Waals surface area contributed by atoms with Crippen molar-refractivity contribution in [3.05, 3.63) is 59.1 Å². The lowest BCUT2D eigenvalue weighted by Gasteiger charge is -2.24. The van der Waals surface area contributed by atoms with Crippen LogP contribution in [-0.2, 0) is 10.3 Å². The standard InChI is InChI=1S/C22H25ClN4O/c1-22(18-7-3-5-16(11-18)17-6-4-8-19(23)12-17)20(28)27(21(24)25-22)14-15-9-10-26(2)13-15/h3-8,11-12,15H,9-10,13-14H2,1-2H3,(H2,24,25)/t15-,22?/m0/s1. The maximum Gasteiger partial charge on any atom is 0.259 e. The zero-order valence-corrected chi connectivity index (χ0v) is 17.0. The van der Waals surface area contributed by atoms with E-state index >= 15 is 0 Å². The summed E-state index contributed by atoms with van der Waals surface area (Å²) in [6.45, 7) is 4.48. The first-order chi connectivity index (χ1) is 13.4. The molecule has 2 aliphatic rings. The van der Waals surface area contributed by atoms with Gasteiger partial charge in [-0.25, -0.2) is 0 Å². The Bertz CT molecular complexity index is 930.